The molecule has 0 aliphatic carbocycles. The van der Waals surface area contributed by atoms with Crippen molar-refractivity contribution in [2.45, 2.75) is 6.92 Å². The molecule has 0 nitrogen and oxygen atoms in total. The predicted octanol–water partition coefficient (Wildman–Crippen LogP) is 2.12. The molecule has 1 radical (unpaired) electrons. The first-order chi connectivity index (χ1) is 2.41. The van der Waals surface area contributed by atoms with Crippen LogP contribution in [0.25, 0.3) is 0 Å². The molecular formula is C4H6Br. The van der Waals surface area contributed by atoms with Crippen molar-refractivity contribution in [3.8, 4) is 0 Å². The molecule has 0 saturated carbocycles. The Hall–Kier alpha value is 0.220. The Labute approximate surface area is 41.0 Å². The maximum absolute atomic E-state index is 3.10. The fourth-order valence-electron chi connectivity index (χ4n) is 0.0727. The van der Waals surface area contributed by atoms with Gasteiger partial charge in [0.15, 0.2) is 0 Å². The molecule has 0 amide bonds. The molecule has 0 heterocycles. The van der Waals surface area contributed by atoms with Crippen LogP contribution in [0.1, 0.15) is 6.92 Å². The molecule has 0 aromatic heterocycles. The molecule has 0 saturated heterocycles. The van der Waals surface area contributed by atoms with E-state index in [0.29, 0.717) is 0 Å². The first-order valence-electron chi connectivity index (χ1n) is 1.46. The zero-order valence-corrected chi connectivity index (χ0v) is 4.70. The number of hydrogen-bond acceptors (Lipinski definition) is 0. The average Bonchev–Trinajstić information content (AvgIpc) is 1.41. The second-order valence-electron chi connectivity index (χ2n) is 0.652. The normalized spacial score (nSPS) is 10.0. The molecule has 0 bridgehead atoms. The summed E-state index contributed by atoms with van der Waals surface area (Å²) in [6.07, 6.45) is 3.87. The summed E-state index contributed by atoms with van der Waals surface area (Å²) in [6, 6.07) is 0. The molecule has 0 aliphatic rings. The maximum atomic E-state index is 3.10. The van der Waals surface area contributed by atoms with Crippen LogP contribution in [0.2, 0.25) is 0 Å². The summed E-state index contributed by atoms with van der Waals surface area (Å²) in [5.74, 6) is 0. The van der Waals surface area contributed by atoms with Crippen molar-refractivity contribution >= 4 is 15.9 Å². The second-order valence-corrected chi connectivity index (χ2v) is 1.18. The number of rotatable bonds is 1. The third kappa shape index (κ3) is 4.22. The largest absolute Gasteiger partial charge is 0.0905 e. The molecule has 0 fully saturated rings. The Balaban J connectivity index is 2.62. The molecule has 1 heteroatoms. The van der Waals surface area contributed by atoms with Gasteiger partial charge in [0.1, 0.15) is 0 Å². The summed E-state index contributed by atoms with van der Waals surface area (Å²) >= 11 is 3.10. The Morgan fingerprint density at radius 1 is 1.60 bits per heavy atom. The lowest BCUT2D eigenvalue weighted by Crippen LogP contribution is -1.39. The monoisotopic (exact) mass is 133 g/mol. The fourth-order valence-corrected chi connectivity index (χ4v) is 0.378. The van der Waals surface area contributed by atoms with Crippen molar-refractivity contribution in [1.82, 2.24) is 0 Å². The second kappa shape index (κ2) is 4.22. The summed E-state index contributed by atoms with van der Waals surface area (Å²) in [7, 11) is 0. The lowest BCUT2D eigenvalue weighted by Gasteiger charge is -1.62. The van der Waals surface area contributed by atoms with Gasteiger partial charge in [-0.2, -0.15) is 0 Å². The highest BCUT2D eigenvalue weighted by Crippen LogP contribution is 1.86. The SMILES string of the molecule is C/C=C/[CH]Br. The number of hydrogen-bond donors (Lipinski definition) is 0. The van der Waals surface area contributed by atoms with Gasteiger partial charge in [0, 0.05) is 5.33 Å². The molecule has 0 N–H and O–H groups in total. The van der Waals surface area contributed by atoms with E-state index in [2.05, 4.69) is 15.9 Å². The third-order valence-electron chi connectivity index (χ3n) is 0.265. The molecule has 0 aromatic carbocycles. The Morgan fingerprint density at radius 2 is 2.20 bits per heavy atom. The summed E-state index contributed by atoms with van der Waals surface area (Å²) in [5, 5.41) is 1.81. The van der Waals surface area contributed by atoms with Crippen molar-refractivity contribution in [3.05, 3.63) is 17.5 Å². The van der Waals surface area contributed by atoms with E-state index in [0.717, 1.165) is 0 Å². The van der Waals surface area contributed by atoms with Gasteiger partial charge < -0.3 is 0 Å². The van der Waals surface area contributed by atoms with Gasteiger partial charge in [0.25, 0.3) is 0 Å². The summed E-state index contributed by atoms with van der Waals surface area (Å²) in [5.41, 5.74) is 0. The molecule has 0 aliphatic heterocycles. The van der Waals surface area contributed by atoms with Gasteiger partial charge in [0.05, 0.1) is 0 Å². The molecule has 0 rings (SSSR count). The van der Waals surface area contributed by atoms with Crippen LogP contribution in [0.15, 0.2) is 12.2 Å². The molecule has 0 spiro atoms. The van der Waals surface area contributed by atoms with Crippen LogP contribution >= 0.6 is 15.9 Å². The van der Waals surface area contributed by atoms with E-state index >= 15 is 0 Å². The molecule has 0 atom stereocenters. The minimum absolute atomic E-state index is 1.81. The first-order valence-corrected chi connectivity index (χ1v) is 2.38. The minimum Gasteiger partial charge on any atom is -0.0905 e. The Bertz CT molecular complexity index is 30.6. The van der Waals surface area contributed by atoms with Crippen LogP contribution in [-0.4, -0.2) is 0 Å². The molecule has 29 valence electrons. The highest BCUT2D eigenvalue weighted by Gasteiger charge is 1.55. The summed E-state index contributed by atoms with van der Waals surface area (Å²) in [6.45, 7) is 1.97. The Kier molecular flexibility index (Phi) is 4.41. The predicted molar refractivity (Wildman–Crippen MR) is 28.0 cm³/mol. The van der Waals surface area contributed by atoms with E-state index in [1.165, 1.54) is 0 Å². The first kappa shape index (κ1) is 5.22. The number of allylic oxidation sites excluding steroid dienone is 2. The van der Waals surface area contributed by atoms with E-state index in [-0.39, 0.29) is 0 Å². The lowest BCUT2D eigenvalue weighted by atomic mass is 10.6. The quantitative estimate of drug-likeness (QED) is 0.515. The van der Waals surface area contributed by atoms with Crippen LogP contribution in [0, 0.1) is 5.33 Å². The van der Waals surface area contributed by atoms with Gasteiger partial charge in [-0.25, -0.2) is 0 Å². The fraction of sp³-hybridized carbons (Fsp3) is 0.250. The highest BCUT2D eigenvalue weighted by atomic mass is 79.9. The molecule has 5 heavy (non-hydrogen) atoms. The van der Waals surface area contributed by atoms with Gasteiger partial charge in [-0.1, -0.05) is 28.1 Å². The molecular weight excluding hydrogens is 128 g/mol. The average molecular weight is 134 g/mol. The standard InChI is InChI=1S/C4H6Br/c1-2-3-4-5/h2-4H,1H3/b3-2+. The number of halogens is 1. The van der Waals surface area contributed by atoms with Crippen molar-refractivity contribution in [2.75, 3.05) is 0 Å². The van der Waals surface area contributed by atoms with Gasteiger partial charge in [-0.05, 0) is 6.92 Å². The van der Waals surface area contributed by atoms with Crippen molar-refractivity contribution in [3.63, 3.8) is 0 Å². The topological polar surface area (TPSA) is 0 Å². The van der Waals surface area contributed by atoms with Crippen LogP contribution in [0.4, 0.5) is 0 Å². The summed E-state index contributed by atoms with van der Waals surface area (Å²) in [4.78, 5) is 0. The van der Waals surface area contributed by atoms with Crippen LogP contribution in [-0.2, 0) is 0 Å². The van der Waals surface area contributed by atoms with Crippen LogP contribution in [0.3, 0.4) is 0 Å². The van der Waals surface area contributed by atoms with Crippen molar-refractivity contribution in [1.29, 1.82) is 0 Å². The van der Waals surface area contributed by atoms with E-state index in [4.69, 9.17) is 0 Å². The van der Waals surface area contributed by atoms with Gasteiger partial charge in [-0.15, -0.1) is 0 Å². The van der Waals surface area contributed by atoms with Crippen molar-refractivity contribution < 1.29 is 0 Å². The smallest absolute Gasteiger partial charge is 0.0485 e. The van der Waals surface area contributed by atoms with E-state index in [9.17, 15) is 0 Å². The van der Waals surface area contributed by atoms with E-state index in [1.54, 1.807) is 0 Å². The van der Waals surface area contributed by atoms with Gasteiger partial charge in [0.2, 0.25) is 0 Å². The van der Waals surface area contributed by atoms with E-state index < -0.39 is 0 Å². The maximum Gasteiger partial charge on any atom is 0.0485 e. The van der Waals surface area contributed by atoms with Crippen molar-refractivity contribution in [2.24, 2.45) is 0 Å². The molecule has 0 aromatic rings. The van der Waals surface area contributed by atoms with Gasteiger partial charge >= 0.3 is 0 Å². The van der Waals surface area contributed by atoms with E-state index in [1.807, 2.05) is 24.4 Å². The Morgan fingerprint density at radius 3 is 2.20 bits per heavy atom. The zero-order chi connectivity index (χ0) is 4.12. The zero-order valence-electron chi connectivity index (χ0n) is 3.11. The van der Waals surface area contributed by atoms with Crippen LogP contribution in [0.5, 0.6) is 0 Å². The minimum atomic E-state index is 1.81. The van der Waals surface area contributed by atoms with Gasteiger partial charge in [-0.3, -0.25) is 0 Å². The third-order valence-corrected chi connectivity index (χ3v) is 0.570. The highest BCUT2D eigenvalue weighted by molar-refractivity contribution is 9.10. The lowest BCUT2D eigenvalue weighted by molar-refractivity contribution is 1.74. The molecule has 0 unspecified atom stereocenters. The summed E-state index contributed by atoms with van der Waals surface area (Å²) < 4.78 is 0. The van der Waals surface area contributed by atoms with Crippen LogP contribution < -0.4 is 0 Å².